The molecule has 1 aliphatic rings. The van der Waals surface area contributed by atoms with Crippen molar-refractivity contribution in [3.8, 4) is 11.5 Å². The third-order valence-corrected chi connectivity index (χ3v) is 6.43. The van der Waals surface area contributed by atoms with Crippen LogP contribution in [0.1, 0.15) is 17.0 Å². The lowest BCUT2D eigenvalue weighted by atomic mass is 10.2. The zero-order chi connectivity index (χ0) is 21.4. The van der Waals surface area contributed by atoms with Gasteiger partial charge in [0.15, 0.2) is 10.8 Å². The van der Waals surface area contributed by atoms with Crippen molar-refractivity contribution in [2.75, 3.05) is 31.1 Å². The Morgan fingerprint density at radius 1 is 1.06 bits per heavy atom. The highest BCUT2D eigenvalue weighted by molar-refractivity contribution is 7.15. The summed E-state index contributed by atoms with van der Waals surface area (Å²) in [6, 6.07) is 7.42. The highest BCUT2D eigenvalue weighted by Crippen LogP contribution is 2.24. The standard InChI is InChI=1S/C22H23N7OS/c1-15-16(2)24-20(18-5-3-4-6-23-18)26-21(15)28-9-7-27(8-10-28)14-17-13-19(30)29-11-12-31-22(29)25-17/h3-6,11-13H,7-10,14H2,1-2H3. The molecule has 5 rings (SSSR count). The Bertz CT molecular complexity index is 1280. The van der Waals surface area contributed by atoms with Gasteiger partial charge >= 0.3 is 0 Å². The molecule has 4 aromatic rings. The molecule has 158 valence electrons. The predicted molar refractivity (Wildman–Crippen MR) is 122 cm³/mol. The van der Waals surface area contributed by atoms with Crippen molar-refractivity contribution in [1.82, 2.24) is 29.2 Å². The minimum absolute atomic E-state index is 0.0194. The summed E-state index contributed by atoms with van der Waals surface area (Å²) < 4.78 is 1.59. The summed E-state index contributed by atoms with van der Waals surface area (Å²) in [6.45, 7) is 8.26. The fourth-order valence-electron chi connectivity index (χ4n) is 3.85. The molecule has 0 bridgehead atoms. The average Bonchev–Trinajstić information content (AvgIpc) is 3.26. The molecule has 4 aromatic heterocycles. The van der Waals surface area contributed by atoms with Gasteiger partial charge in [-0.15, -0.1) is 11.3 Å². The molecule has 0 aliphatic carbocycles. The van der Waals surface area contributed by atoms with Crippen LogP contribution < -0.4 is 10.5 Å². The molecule has 0 unspecified atom stereocenters. The van der Waals surface area contributed by atoms with Crippen molar-refractivity contribution in [2.24, 2.45) is 0 Å². The Kier molecular flexibility index (Phi) is 5.21. The van der Waals surface area contributed by atoms with Gasteiger partial charge in [0.1, 0.15) is 11.5 Å². The average molecular weight is 434 g/mol. The number of aryl methyl sites for hydroxylation is 1. The van der Waals surface area contributed by atoms with Gasteiger partial charge in [0.2, 0.25) is 0 Å². The summed E-state index contributed by atoms with van der Waals surface area (Å²) in [6.07, 6.45) is 3.53. The van der Waals surface area contributed by atoms with E-state index >= 15 is 0 Å². The number of anilines is 1. The summed E-state index contributed by atoms with van der Waals surface area (Å²) in [5.74, 6) is 1.64. The minimum atomic E-state index is -0.0194. The molecule has 9 heteroatoms. The second-order valence-electron chi connectivity index (χ2n) is 7.70. The van der Waals surface area contributed by atoms with Crippen LogP contribution in [-0.4, -0.2) is 55.4 Å². The number of fused-ring (bicyclic) bond motifs is 1. The normalized spacial score (nSPS) is 15.0. The maximum absolute atomic E-state index is 12.2. The van der Waals surface area contributed by atoms with E-state index in [0.717, 1.165) is 59.6 Å². The monoisotopic (exact) mass is 433 g/mol. The van der Waals surface area contributed by atoms with Gasteiger partial charge in [0.05, 0.1) is 5.69 Å². The van der Waals surface area contributed by atoms with E-state index in [1.165, 1.54) is 11.3 Å². The van der Waals surface area contributed by atoms with Gasteiger partial charge in [-0.1, -0.05) is 6.07 Å². The molecule has 5 heterocycles. The van der Waals surface area contributed by atoms with Crippen molar-refractivity contribution in [3.63, 3.8) is 0 Å². The van der Waals surface area contributed by atoms with Crippen LogP contribution in [0.3, 0.4) is 0 Å². The Morgan fingerprint density at radius 3 is 2.68 bits per heavy atom. The van der Waals surface area contributed by atoms with Crippen molar-refractivity contribution < 1.29 is 0 Å². The van der Waals surface area contributed by atoms with Gasteiger partial charge in [0, 0.05) is 67.8 Å². The summed E-state index contributed by atoms with van der Waals surface area (Å²) in [4.78, 5) is 36.2. The zero-order valence-corrected chi connectivity index (χ0v) is 18.3. The molecule has 0 radical (unpaired) electrons. The second kappa shape index (κ2) is 8.16. The topological polar surface area (TPSA) is 79.5 Å². The lowest BCUT2D eigenvalue weighted by molar-refractivity contribution is 0.246. The maximum Gasteiger partial charge on any atom is 0.258 e. The van der Waals surface area contributed by atoms with E-state index in [1.807, 2.05) is 30.5 Å². The Morgan fingerprint density at radius 2 is 1.90 bits per heavy atom. The summed E-state index contributed by atoms with van der Waals surface area (Å²) in [5, 5.41) is 1.89. The smallest absolute Gasteiger partial charge is 0.258 e. The van der Waals surface area contributed by atoms with E-state index in [2.05, 4.69) is 31.7 Å². The molecule has 0 spiro atoms. The van der Waals surface area contributed by atoms with Crippen LogP contribution in [0.2, 0.25) is 0 Å². The van der Waals surface area contributed by atoms with Crippen molar-refractivity contribution >= 4 is 22.1 Å². The number of pyridine rings is 1. The predicted octanol–water partition coefficient (Wildman–Crippen LogP) is 2.55. The Balaban J connectivity index is 1.32. The number of piperazine rings is 1. The van der Waals surface area contributed by atoms with E-state index in [9.17, 15) is 4.79 Å². The maximum atomic E-state index is 12.2. The van der Waals surface area contributed by atoms with Crippen LogP contribution in [0.4, 0.5) is 5.82 Å². The van der Waals surface area contributed by atoms with Gasteiger partial charge in [0.25, 0.3) is 5.56 Å². The molecular weight excluding hydrogens is 410 g/mol. The number of rotatable bonds is 4. The first kappa shape index (κ1) is 19.8. The van der Waals surface area contributed by atoms with Gasteiger partial charge < -0.3 is 4.90 Å². The van der Waals surface area contributed by atoms with Gasteiger partial charge in [-0.3, -0.25) is 19.1 Å². The van der Waals surface area contributed by atoms with Crippen molar-refractivity contribution in [2.45, 2.75) is 20.4 Å². The zero-order valence-electron chi connectivity index (χ0n) is 17.5. The number of hydrogen-bond acceptors (Lipinski definition) is 8. The van der Waals surface area contributed by atoms with Crippen LogP contribution >= 0.6 is 11.3 Å². The second-order valence-corrected chi connectivity index (χ2v) is 8.57. The third-order valence-electron chi connectivity index (χ3n) is 5.67. The summed E-state index contributed by atoms with van der Waals surface area (Å²) >= 11 is 1.48. The first-order valence-corrected chi connectivity index (χ1v) is 11.2. The number of aromatic nitrogens is 5. The van der Waals surface area contributed by atoms with E-state index < -0.39 is 0 Å². The summed E-state index contributed by atoms with van der Waals surface area (Å²) in [5.41, 5.74) is 3.67. The molecule has 0 aromatic carbocycles. The SMILES string of the molecule is Cc1nc(-c2ccccn2)nc(N2CCN(Cc3cc(=O)n4ccsc4n3)CC2)c1C. The first-order valence-electron chi connectivity index (χ1n) is 10.3. The molecule has 0 atom stereocenters. The number of hydrogen-bond donors (Lipinski definition) is 0. The molecule has 1 saturated heterocycles. The van der Waals surface area contributed by atoms with Gasteiger partial charge in [-0.05, 0) is 26.0 Å². The quantitative estimate of drug-likeness (QED) is 0.489. The van der Waals surface area contributed by atoms with E-state index in [4.69, 9.17) is 4.98 Å². The molecule has 8 nitrogen and oxygen atoms in total. The van der Waals surface area contributed by atoms with Crippen molar-refractivity contribution in [1.29, 1.82) is 0 Å². The largest absolute Gasteiger partial charge is 0.354 e. The molecule has 0 N–H and O–H groups in total. The van der Waals surface area contributed by atoms with E-state index in [0.29, 0.717) is 12.4 Å². The number of thiazole rings is 1. The van der Waals surface area contributed by atoms with Crippen LogP contribution in [0.5, 0.6) is 0 Å². The fraction of sp³-hybridized carbons (Fsp3) is 0.318. The summed E-state index contributed by atoms with van der Waals surface area (Å²) in [7, 11) is 0. The highest BCUT2D eigenvalue weighted by atomic mass is 32.1. The molecule has 0 amide bonds. The fourth-order valence-corrected chi connectivity index (χ4v) is 4.59. The molecule has 0 saturated carbocycles. The number of nitrogens with zero attached hydrogens (tertiary/aromatic N) is 7. The van der Waals surface area contributed by atoms with Crippen molar-refractivity contribution in [3.05, 3.63) is 69.3 Å². The van der Waals surface area contributed by atoms with E-state index in [1.54, 1.807) is 22.9 Å². The van der Waals surface area contributed by atoms with Crippen LogP contribution in [-0.2, 0) is 6.54 Å². The Hall–Kier alpha value is -3.17. The third kappa shape index (κ3) is 3.94. The first-order chi connectivity index (χ1) is 15.1. The van der Waals surface area contributed by atoms with Crippen LogP contribution in [0.15, 0.2) is 46.8 Å². The Labute approximate surface area is 183 Å². The van der Waals surface area contributed by atoms with Crippen LogP contribution in [0.25, 0.3) is 16.5 Å². The van der Waals surface area contributed by atoms with Gasteiger partial charge in [-0.2, -0.15) is 0 Å². The lowest BCUT2D eigenvalue weighted by Crippen LogP contribution is -2.46. The van der Waals surface area contributed by atoms with Gasteiger partial charge in [-0.25, -0.2) is 15.0 Å². The van der Waals surface area contributed by atoms with Crippen LogP contribution in [0, 0.1) is 13.8 Å². The minimum Gasteiger partial charge on any atom is -0.354 e. The van der Waals surface area contributed by atoms with E-state index in [-0.39, 0.29) is 5.56 Å². The lowest BCUT2D eigenvalue weighted by Gasteiger charge is -2.36. The molecule has 1 fully saturated rings. The molecule has 1 aliphatic heterocycles. The highest BCUT2D eigenvalue weighted by Gasteiger charge is 2.22. The molecular formula is C22H23N7OS. The molecule has 31 heavy (non-hydrogen) atoms.